The van der Waals surface area contributed by atoms with Crippen molar-refractivity contribution in [2.45, 2.75) is 6.92 Å². The summed E-state index contributed by atoms with van der Waals surface area (Å²) < 4.78 is 9.97. The number of carbonyl (C=O) groups excluding carboxylic acids is 2. The van der Waals surface area contributed by atoms with Gasteiger partial charge in [0.25, 0.3) is 11.6 Å². The molecule has 0 atom stereocenters. The van der Waals surface area contributed by atoms with Crippen LogP contribution in [0.25, 0.3) is 0 Å². The number of amides is 1. The third kappa shape index (κ3) is 4.26. The number of methoxy groups -OCH3 is 1. The zero-order chi connectivity index (χ0) is 19.3. The van der Waals surface area contributed by atoms with Gasteiger partial charge in [-0.25, -0.2) is 4.79 Å². The van der Waals surface area contributed by atoms with Crippen LogP contribution in [0.15, 0.2) is 36.4 Å². The fraction of sp³-hybridized carbons (Fsp3) is 0.176. The van der Waals surface area contributed by atoms with Crippen LogP contribution in [0.3, 0.4) is 0 Å². The van der Waals surface area contributed by atoms with E-state index in [-0.39, 0.29) is 28.4 Å². The van der Waals surface area contributed by atoms with Crippen molar-refractivity contribution < 1.29 is 24.0 Å². The van der Waals surface area contributed by atoms with Crippen LogP contribution in [0, 0.1) is 17.0 Å². The summed E-state index contributed by atoms with van der Waals surface area (Å²) in [6, 6.07) is 8.63. The number of non-ortho nitro benzene ring substituents is 1. The predicted octanol–water partition coefficient (Wildman–Crippen LogP) is 2.29. The fourth-order valence-electron chi connectivity index (χ4n) is 2.15. The van der Waals surface area contributed by atoms with Crippen molar-refractivity contribution in [1.29, 1.82) is 0 Å². The summed E-state index contributed by atoms with van der Waals surface area (Å²) >= 11 is 0. The van der Waals surface area contributed by atoms with Gasteiger partial charge in [0, 0.05) is 11.8 Å². The van der Waals surface area contributed by atoms with Crippen molar-refractivity contribution in [1.82, 2.24) is 0 Å². The number of benzene rings is 2. The molecule has 0 saturated carbocycles. The summed E-state index contributed by atoms with van der Waals surface area (Å²) in [4.78, 5) is 34.2. The van der Waals surface area contributed by atoms with Gasteiger partial charge in [0.15, 0.2) is 6.61 Å². The van der Waals surface area contributed by atoms with E-state index in [2.05, 4.69) is 5.32 Å². The Morgan fingerprint density at radius 2 is 2.00 bits per heavy atom. The van der Waals surface area contributed by atoms with E-state index in [1.54, 1.807) is 19.1 Å². The van der Waals surface area contributed by atoms with Gasteiger partial charge < -0.3 is 20.5 Å². The first-order valence-electron chi connectivity index (χ1n) is 7.48. The Bertz CT molecular complexity index is 866. The van der Waals surface area contributed by atoms with Gasteiger partial charge >= 0.3 is 5.97 Å². The van der Waals surface area contributed by atoms with Crippen molar-refractivity contribution in [2.24, 2.45) is 0 Å². The summed E-state index contributed by atoms with van der Waals surface area (Å²) in [6.45, 7) is 1.20. The van der Waals surface area contributed by atoms with E-state index in [0.717, 1.165) is 5.56 Å². The van der Waals surface area contributed by atoms with E-state index in [4.69, 9.17) is 15.2 Å². The normalized spacial score (nSPS) is 10.1. The van der Waals surface area contributed by atoms with Crippen molar-refractivity contribution in [3.05, 3.63) is 57.6 Å². The molecule has 0 fully saturated rings. The molecule has 0 saturated heterocycles. The van der Waals surface area contributed by atoms with Crippen molar-refractivity contribution in [3.8, 4) is 5.75 Å². The number of nitrogen functional groups attached to an aromatic ring is 1. The lowest BCUT2D eigenvalue weighted by atomic mass is 10.1. The molecule has 0 aromatic heterocycles. The van der Waals surface area contributed by atoms with Crippen LogP contribution in [0.1, 0.15) is 15.9 Å². The van der Waals surface area contributed by atoms with E-state index in [1.165, 1.54) is 31.4 Å². The lowest BCUT2D eigenvalue weighted by molar-refractivity contribution is -0.384. The topological polar surface area (TPSA) is 134 Å². The van der Waals surface area contributed by atoms with Crippen LogP contribution < -0.4 is 15.8 Å². The van der Waals surface area contributed by atoms with Crippen LogP contribution in [0.2, 0.25) is 0 Å². The number of esters is 1. The second-order valence-corrected chi connectivity index (χ2v) is 5.30. The molecular formula is C17H17N3O6. The molecular weight excluding hydrogens is 342 g/mol. The Labute approximate surface area is 148 Å². The maximum absolute atomic E-state index is 12.0. The predicted molar refractivity (Wildman–Crippen MR) is 94.2 cm³/mol. The highest BCUT2D eigenvalue weighted by atomic mass is 16.6. The van der Waals surface area contributed by atoms with Gasteiger partial charge in [0.2, 0.25) is 0 Å². The number of nitro groups is 1. The van der Waals surface area contributed by atoms with E-state index in [9.17, 15) is 19.7 Å². The first-order valence-corrected chi connectivity index (χ1v) is 7.48. The SMILES string of the molecule is COc1cc([N+](=O)[O-])ccc1NC(=O)COC(=O)c1cccc(C)c1N. The quantitative estimate of drug-likeness (QED) is 0.350. The zero-order valence-electron chi connectivity index (χ0n) is 14.1. The Morgan fingerprint density at radius 3 is 2.65 bits per heavy atom. The number of nitrogens with two attached hydrogens (primary N) is 1. The summed E-state index contributed by atoms with van der Waals surface area (Å²) in [5, 5.41) is 13.2. The molecule has 2 aromatic rings. The number of ether oxygens (including phenoxy) is 2. The first-order chi connectivity index (χ1) is 12.3. The highest BCUT2D eigenvalue weighted by molar-refractivity contribution is 5.99. The monoisotopic (exact) mass is 359 g/mol. The second kappa shape index (κ2) is 7.97. The number of aryl methyl sites for hydroxylation is 1. The number of para-hydroxylation sites is 1. The number of hydrogen-bond acceptors (Lipinski definition) is 7. The van der Waals surface area contributed by atoms with Gasteiger partial charge in [-0.15, -0.1) is 0 Å². The highest BCUT2D eigenvalue weighted by Gasteiger charge is 2.16. The largest absolute Gasteiger partial charge is 0.494 e. The Kier molecular flexibility index (Phi) is 5.74. The molecule has 2 aromatic carbocycles. The lowest BCUT2D eigenvalue weighted by Crippen LogP contribution is -2.21. The van der Waals surface area contributed by atoms with Crippen LogP contribution in [-0.4, -0.2) is 30.5 Å². The number of rotatable bonds is 6. The van der Waals surface area contributed by atoms with Gasteiger partial charge in [-0.3, -0.25) is 14.9 Å². The molecule has 0 aliphatic carbocycles. The maximum Gasteiger partial charge on any atom is 0.340 e. The molecule has 0 radical (unpaired) electrons. The molecule has 9 heteroatoms. The average molecular weight is 359 g/mol. The first kappa shape index (κ1) is 18.7. The molecule has 0 unspecified atom stereocenters. The number of nitrogens with zero attached hydrogens (tertiary/aromatic N) is 1. The number of hydrogen-bond donors (Lipinski definition) is 2. The molecule has 0 bridgehead atoms. The summed E-state index contributed by atoms with van der Waals surface area (Å²) in [5.74, 6) is -1.24. The van der Waals surface area contributed by atoms with Crippen LogP contribution >= 0.6 is 0 Å². The van der Waals surface area contributed by atoms with Gasteiger partial charge in [-0.05, 0) is 24.6 Å². The van der Waals surface area contributed by atoms with Crippen molar-refractivity contribution in [3.63, 3.8) is 0 Å². The third-order valence-electron chi connectivity index (χ3n) is 3.55. The van der Waals surface area contributed by atoms with Crippen LogP contribution in [-0.2, 0) is 9.53 Å². The fourth-order valence-corrected chi connectivity index (χ4v) is 2.15. The van der Waals surface area contributed by atoms with Crippen LogP contribution in [0.4, 0.5) is 17.1 Å². The molecule has 136 valence electrons. The van der Waals surface area contributed by atoms with Crippen LogP contribution in [0.5, 0.6) is 5.75 Å². The average Bonchev–Trinajstić information content (AvgIpc) is 2.62. The minimum Gasteiger partial charge on any atom is -0.494 e. The Balaban J connectivity index is 2.02. The molecule has 0 heterocycles. The molecule has 1 amide bonds. The van der Waals surface area contributed by atoms with E-state index >= 15 is 0 Å². The van der Waals surface area contributed by atoms with Crippen molar-refractivity contribution >= 4 is 28.9 Å². The molecule has 26 heavy (non-hydrogen) atoms. The van der Waals surface area contributed by atoms with Gasteiger partial charge in [-0.2, -0.15) is 0 Å². The molecule has 3 N–H and O–H groups in total. The Hall–Kier alpha value is -3.62. The summed E-state index contributed by atoms with van der Waals surface area (Å²) in [6.07, 6.45) is 0. The van der Waals surface area contributed by atoms with Crippen molar-refractivity contribution in [2.75, 3.05) is 24.8 Å². The number of carbonyl (C=O) groups is 2. The molecule has 2 rings (SSSR count). The maximum atomic E-state index is 12.0. The van der Waals surface area contributed by atoms with E-state index in [1.807, 2.05) is 0 Å². The highest BCUT2D eigenvalue weighted by Crippen LogP contribution is 2.28. The molecule has 0 aliphatic heterocycles. The molecule has 9 nitrogen and oxygen atoms in total. The minimum atomic E-state index is -0.725. The third-order valence-corrected chi connectivity index (χ3v) is 3.55. The summed E-state index contributed by atoms with van der Waals surface area (Å²) in [5.41, 5.74) is 7.04. The van der Waals surface area contributed by atoms with Gasteiger partial charge in [0.1, 0.15) is 5.75 Å². The zero-order valence-corrected chi connectivity index (χ0v) is 14.1. The standard InChI is InChI=1S/C17H17N3O6/c1-10-4-3-5-12(16(10)18)17(22)26-9-15(21)19-13-7-6-11(20(23)24)8-14(13)25-2/h3-8H,9,18H2,1-2H3,(H,19,21). The molecule has 0 aliphatic rings. The number of anilines is 2. The second-order valence-electron chi connectivity index (χ2n) is 5.30. The minimum absolute atomic E-state index is 0.113. The smallest absolute Gasteiger partial charge is 0.340 e. The molecule has 0 spiro atoms. The van der Waals surface area contributed by atoms with E-state index in [0.29, 0.717) is 0 Å². The number of nitrogens with one attached hydrogen (secondary N) is 1. The Morgan fingerprint density at radius 1 is 1.27 bits per heavy atom. The number of nitro benzene ring substituents is 1. The van der Waals surface area contributed by atoms with Gasteiger partial charge in [-0.1, -0.05) is 12.1 Å². The lowest BCUT2D eigenvalue weighted by Gasteiger charge is -2.11. The van der Waals surface area contributed by atoms with E-state index < -0.39 is 23.4 Å². The van der Waals surface area contributed by atoms with Gasteiger partial charge in [0.05, 0.1) is 29.4 Å². The summed E-state index contributed by atoms with van der Waals surface area (Å²) in [7, 11) is 1.31.